The van der Waals surface area contributed by atoms with Crippen molar-refractivity contribution in [3.63, 3.8) is 0 Å². The first-order chi connectivity index (χ1) is 13.6. The molecule has 0 saturated heterocycles. The molecule has 8 heteroatoms. The van der Waals surface area contributed by atoms with Gasteiger partial charge in [0.2, 0.25) is 6.79 Å². The Morgan fingerprint density at radius 2 is 2.07 bits per heavy atom. The van der Waals surface area contributed by atoms with Gasteiger partial charge in [-0.25, -0.2) is 4.98 Å². The van der Waals surface area contributed by atoms with Crippen LogP contribution in [0, 0.1) is 6.92 Å². The maximum atomic E-state index is 13.0. The maximum Gasteiger partial charge on any atom is 0.266 e. The van der Waals surface area contributed by atoms with Gasteiger partial charge in [-0.1, -0.05) is 6.42 Å². The van der Waals surface area contributed by atoms with Gasteiger partial charge in [-0.05, 0) is 37.5 Å². The third kappa shape index (κ3) is 2.75. The molecule has 2 aliphatic rings. The summed E-state index contributed by atoms with van der Waals surface area (Å²) < 4.78 is 12.4. The van der Waals surface area contributed by atoms with E-state index >= 15 is 0 Å². The normalized spacial score (nSPS) is 15.3. The molecule has 4 heterocycles. The van der Waals surface area contributed by atoms with Crippen molar-refractivity contribution in [2.45, 2.75) is 39.2 Å². The second-order valence-electron chi connectivity index (χ2n) is 7.05. The molecule has 2 aromatic heterocycles. The number of carbonyl (C=O) groups is 1. The van der Waals surface area contributed by atoms with E-state index in [2.05, 4.69) is 5.32 Å². The highest BCUT2D eigenvalue weighted by molar-refractivity contribution is 7.20. The number of aromatic nitrogens is 2. The van der Waals surface area contributed by atoms with Crippen molar-refractivity contribution in [2.24, 2.45) is 0 Å². The first-order valence-corrected chi connectivity index (χ1v) is 10.2. The predicted octanol–water partition coefficient (Wildman–Crippen LogP) is 3.47. The summed E-state index contributed by atoms with van der Waals surface area (Å²) in [5.41, 5.74) is 1.28. The van der Waals surface area contributed by atoms with Crippen molar-refractivity contribution in [3.05, 3.63) is 44.8 Å². The highest BCUT2D eigenvalue weighted by atomic mass is 32.1. The Labute approximate surface area is 164 Å². The highest BCUT2D eigenvalue weighted by Crippen LogP contribution is 2.35. The van der Waals surface area contributed by atoms with Crippen molar-refractivity contribution in [3.8, 4) is 11.5 Å². The lowest BCUT2D eigenvalue weighted by Crippen LogP contribution is -2.24. The molecule has 0 saturated carbocycles. The van der Waals surface area contributed by atoms with Crippen LogP contribution in [0.15, 0.2) is 23.0 Å². The van der Waals surface area contributed by atoms with Crippen molar-refractivity contribution < 1.29 is 14.3 Å². The summed E-state index contributed by atoms with van der Waals surface area (Å²) in [5, 5.41) is 3.45. The molecule has 0 unspecified atom stereocenters. The number of amides is 1. The Morgan fingerprint density at radius 1 is 1.21 bits per heavy atom. The first kappa shape index (κ1) is 17.2. The quantitative estimate of drug-likeness (QED) is 0.716. The van der Waals surface area contributed by atoms with Gasteiger partial charge in [0.25, 0.3) is 11.5 Å². The minimum atomic E-state index is -0.251. The van der Waals surface area contributed by atoms with Crippen LogP contribution in [-0.4, -0.2) is 22.3 Å². The van der Waals surface area contributed by atoms with Crippen LogP contribution < -0.4 is 20.3 Å². The molecule has 0 spiro atoms. The number of aryl methyl sites for hydroxylation is 2. The molecule has 1 aromatic carbocycles. The summed E-state index contributed by atoms with van der Waals surface area (Å²) >= 11 is 1.28. The SMILES string of the molecule is Cc1c(C(=O)Nc2ccc3c(c2)OCO3)sc2nc3n(c(=O)c12)CCCCC3. The van der Waals surface area contributed by atoms with Gasteiger partial charge < -0.3 is 14.8 Å². The summed E-state index contributed by atoms with van der Waals surface area (Å²) in [6.45, 7) is 2.70. The second-order valence-corrected chi connectivity index (χ2v) is 8.05. The number of benzene rings is 1. The Bertz CT molecular complexity index is 1160. The van der Waals surface area contributed by atoms with Crippen LogP contribution in [0.5, 0.6) is 11.5 Å². The number of fused-ring (bicyclic) bond motifs is 3. The monoisotopic (exact) mass is 397 g/mol. The minimum absolute atomic E-state index is 0.0298. The number of nitrogens with one attached hydrogen (secondary N) is 1. The topological polar surface area (TPSA) is 82.4 Å². The number of anilines is 1. The van der Waals surface area contributed by atoms with Crippen LogP contribution in [0.1, 0.15) is 40.3 Å². The van der Waals surface area contributed by atoms with Gasteiger partial charge in [0.05, 0.1) is 10.3 Å². The van der Waals surface area contributed by atoms with Crippen LogP contribution >= 0.6 is 11.3 Å². The van der Waals surface area contributed by atoms with Gasteiger partial charge in [-0.3, -0.25) is 14.2 Å². The minimum Gasteiger partial charge on any atom is -0.454 e. The van der Waals surface area contributed by atoms with E-state index in [1.165, 1.54) is 11.3 Å². The van der Waals surface area contributed by atoms with Gasteiger partial charge in [0.15, 0.2) is 11.5 Å². The Hall–Kier alpha value is -2.87. The molecule has 0 radical (unpaired) electrons. The molecule has 5 rings (SSSR count). The zero-order chi connectivity index (χ0) is 19.3. The Balaban J connectivity index is 1.52. The van der Waals surface area contributed by atoms with Crippen molar-refractivity contribution in [1.29, 1.82) is 0 Å². The third-order valence-corrected chi connectivity index (χ3v) is 6.43. The van der Waals surface area contributed by atoms with Crippen molar-refractivity contribution >= 4 is 33.1 Å². The fraction of sp³-hybridized carbons (Fsp3) is 0.350. The molecule has 1 amide bonds. The molecular weight excluding hydrogens is 378 g/mol. The smallest absolute Gasteiger partial charge is 0.266 e. The summed E-state index contributed by atoms with van der Waals surface area (Å²) in [6, 6.07) is 5.27. The summed E-state index contributed by atoms with van der Waals surface area (Å²) in [6.07, 6.45) is 3.94. The Kier molecular flexibility index (Phi) is 4.08. The fourth-order valence-electron chi connectivity index (χ4n) is 3.79. The van der Waals surface area contributed by atoms with Crippen LogP contribution in [0.3, 0.4) is 0 Å². The zero-order valence-corrected chi connectivity index (χ0v) is 16.2. The molecule has 1 N–H and O–H groups in total. The zero-order valence-electron chi connectivity index (χ0n) is 15.4. The number of nitrogens with zero attached hydrogens (tertiary/aromatic N) is 2. The van der Waals surface area contributed by atoms with E-state index in [1.807, 2.05) is 6.92 Å². The van der Waals surface area contributed by atoms with Crippen LogP contribution in [0.4, 0.5) is 5.69 Å². The lowest BCUT2D eigenvalue weighted by Gasteiger charge is -2.08. The van der Waals surface area contributed by atoms with Crippen LogP contribution in [-0.2, 0) is 13.0 Å². The Morgan fingerprint density at radius 3 is 2.96 bits per heavy atom. The number of hydrogen-bond acceptors (Lipinski definition) is 6. The summed E-state index contributed by atoms with van der Waals surface area (Å²) in [5.74, 6) is 1.85. The molecule has 2 aliphatic heterocycles. The van der Waals surface area contributed by atoms with E-state index in [9.17, 15) is 9.59 Å². The van der Waals surface area contributed by atoms with E-state index in [1.54, 1.807) is 22.8 Å². The molecule has 144 valence electrons. The molecule has 0 aliphatic carbocycles. The molecule has 0 atom stereocenters. The lowest BCUT2D eigenvalue weighted by molar-refractivity contribution is 0.103. The van der Waals surface area contributed by atoms with Gasteiger partial charge in [-0.15, -0.1) is 11.3 Å². The maximum absolute atomic E-state index is 13.0. The number of thiophene rings is 1. The van der Waals surface area contributed by atoms with Crippen LogP contribution in [0.25, 0.3) is 10.2 Å². The average Bonchev–Trinajstić information content (AvgIpc) is 3.18. The molecule has 0 fully saturated rings. The van der Waals surface area contributed by atoms with Gasteiger partial charge in [0, 0.05) is 24.7 Å². The highest BCUT2D eigenvalue weighted by Gasteiger charge is 2.23. The number of carbonyl (C=O) groups excluding carboxylic acids is 1. The number of ether oxygens (including phenoxy) is 2. The van der Waals surface area contributed by atoms with Crippen molar-refractivity contribution in [2.75, 3.05) is 12.1 Å². The van der Waals surface area contributed by atoms with Gasteiger partial charge in [0.1, 0.15) is 10.7 Å². The molecular formula is C20H19N3O4S. The molecule has 7 nitrogen and oxygen atoms in total. The molecule has 0 bridgehead atoms. The molecule has 3 aromatic rings. The van der Waals surface area contributed by atoms with Gasteiger partial charge >= 0.3 is 0 Å². The third-order valence-electron chi connectivity index (χ3n) is 5.25. The number of hydrogen-bond donors (Lipinski definition) is 1. The van der Waals surface area contributed by atoms with E-state index in [0.717, 1.165) is 31.5 Å². The summed E-state index contributed by atoms with van der Waals surface area (Å²) in [7, 11) is 0. The van der Waals surface area contributed by atoms with Crippen molar-refractivity contribution in [1.82, 2.24) is 9.55 Å². The number of rotatable bonds is 2. The first-order valence-electron chi connectivity index (χ1n) is 9.35. The van der Waals surface area contributed by atoms with E-state index < -0.39 is 0 Å². The largest absolute Gasteiger partial charge is 0.454 e. The van der Waals surface area contributed by atoms with Gasteiger partial charge in [-0.2, -0.15) is 0 Å². The standard InChI is InChI=1S/C20H19N3O4S/c1-11-16-19(22-15-5-3-2-4-8-23(15)20(16)25)28-17(11)18(24)21-12-6-7-13-14(9-12)27-10-26-13/h6-7,9H,2-5,8,10H2,1H3,(H,21,24). The predicted molar refractivity (Wildman–Crippen MR) is 107 cm³/mol. The fourth-order valence-corrected chi connectivity index (χ4v) is 4.87. The van der Waals surface area contributed by atoms with Crippen LogP contribution in [0.2, 0.25) is 0 Å². The summed E-state index contributed by atoms with van der Waals surface area (Å²) in [4.78, 5) is 31.8. The second kappa shape index (κ2) is 6.63. The lowest BCUT2D eigenvalue weighted by atomic mass is 10.2. The molecule has 28 heavy (non-hydrogen) atoms. The average molecular weight is 397 g/mol. The van der Waals surface area contributed by atoms with E-state index in [-0.39, 0.29) is 18.3 Å². The van der Waals surface area contributed by atoms with E-state index in [4.69, 9.17) is 14.5 Å². The van der Waals surface area contributed by atoms with E-state index in [0.29, 0.717) is 44.4 Å².